The van der Waals surface area contributed by atoms with E-state index in [0.717, 1.165) is 13.1 Å². The molecule has 4 heterocycles. The van der Waals surface area contributed by atoms with Crippen molar-refractivity contribution in [1.29, 1.82) is 5.26 Å². The largest absolute Gasteiger partial charge is 0.459 e. The van der Waals surface area contributed by atoms with Crippen molar-refractivity contribution in [3.05, 3.63) is 46.5 Å². The van der Waals surface area contributed by atoms with Gasteiger partial charge in [-0.15, -0.1) is 11.3 Å². The van der Waals surface area contributed by atoms with Crippen molar-refractivity contribution in [3.8, 4) is 17.7 Å². The number of likely N-dealkylation sites (tertiary alicyclic amines) is 1. The van der Waals surface area contributed by atoms with Gasteiger partial charge in [-0.05, 0) is 49.5 Å². The summed E-state index contributed by atoms with van der Waals surface area (Å²) in [7, 11) is 0. The molecule has 0 saturated carbocycles. The summed E-state index contributed by atoms with van der Waals surface area (Å²) >= 11 is 1.76. The number of rotatable bonds is 6. The van der Waals surface area contributed by atoms with Crippen LogP contribution in [0.5, 0.6) is 0 Å². The second kappa shape index (κ2) is 7.13. The van der Waals surface area contributed by atoms with E-state index in [1.165, 1.54) is 17.7 Å². The Kier molecular flexibility index (Phi) is 4.55. The van der Waals surface area contributed by atoms with Gasteiger partial charge in [0, 0.05) is 11.4 Å². The van der Waals surface area contributed by atoms with Gasteiger partial charge in [0.2, 0.25) is 11.6 Å². The van der Waals surface area contributed by atoms with Crippen LogP contribution in [-0.2, 0) is 0 Å². The van der Waals surface area contributed by atoms with E-state index in [1.54, 1.807) is 29.7 Å². The lowest BCUT2D eigenvalue weighted by Crippen LogP contribution is -2.30. The van der Waals surface area contributed by atoms with Gasteiger partial charge in [-0.25, -0.2) is 0 Å². The summed E-state index contributed by atoms with van der Waals surface area (Å²) in [4.78, 5) is 8.01. The Bertz CT molecular complexity index is 842. The molecule has 6 nitrogen and oxygen atoms in total. The van der Waals surface area contributed by atoms with E-state index in [4.69, 9.17) is 8.83 Å². The van der Waals surface area contributed by atoms with Gasteiger partial charge in [-0.2, -0.15) is 10.2 Å². The van der Waals surface area contributed by atoms with Gasteiger partial charge in [-0.1, -0.05) is 6.07 Å². The molecule has 1 atom stereocenters. The minimum Gasteiger partial charge on any atom is -0.459 e. The van der Waals surface area contributed by atoms with Gasteiger partial charge in [0.1, 0.15) is 6.07 Å². The Morgan fingerprint density at radius 1 is 1.32 bits per heavy atom. The summed E-state index contributed by atoms with van der Waals surface area (Å²) in [5.74, 6) is 1.23. The smallest absolute Gasteiger partial charge is 0.266 e. The molecule has 7 heteroatoms. The van der Waals surface area contributed by atoms with E-state index in [9.17, 15) is 5.26 Å². The zero-order valence-electron chi connectivity index (χ0n) is 13.6. The first-order valence-electron chi connectivity index (χ1n) is 8.31. The summed E-state index contributed by atoms with van der Waals surface area (Å²) in [6.07, 6.45) is 4.02. The first-order chi connectivity index (χ1) is 12.3. The van der Waals surface area contributed by atoms with E-state index in [0.29, 0.717) is 24.1 Å². The molecule has 0 radical (unpaired) electrons. The highest BCUT2D eigenvalue weighted by atomic mass is 32.1. The second-order valence-corrected chi connectivity index (χ2v) is 6.92. The fourth-order valence-electron chi connectivity index (χ4n) is 3.15. The van der Waals surface area contributed by atoms with Crippen LogP contribution in [0.1, 0.15) is 29.5 Å². The summed E-state index contributed by atoms with van der Waals surface area (Å²) in [5.41, 5.74) is 0.248. The number of hydrogen-bond acceptors (Lipinski definition) is 7. The van der Waals surface area contributed by atoms with Gasteiger partial charge in [0.25, 0.3) is 5.89 Å². The maximum Gasteiger partial charge on any atom is 0.266 e. The molecule has 4 rings (SSSR count). The Hall–Kier alpha value is -2.56. The maximum atomic E-state index is 9.34. The molecule has 1 N–H and O–H groups in total. The van der Waals surface area contributed by atoms with Crippen LogP contribution in [0.3, 0.4) is 0 Å². The molecule has 3 aromatic rings. The second-order valence-electron chi connectivity index (χ2n) is 5.94. The highest BCUT2D eigenvalue weighted by molar-refractivity contribution is 7.10. The monoisotopic (exact) mass is 354 g/mol. The molecule has 1 aliphatic rings. The van der Waals surface area contributed by atoms with Crippen LogP contribution in [0, 0.1) is 11.3 Å². The van der Waals surface area contributed by atoms with Crippen molar-refractivity contribution in [2.45, 2.75) is 18.9 Å². The number of oxazole rings is 1. The minimum absolute atomic E-state index is 0.248. The topological polar surface area (TPSA) is 78.2 Å². The van der Waals surface area contributed by atoms with Crippen LogP contribution >= 0.6 is 11.3 Å². The molecular formula is C18H18N4O2S. The number of furan rings is 1. The summed E-state index contributed by atoms with van der Waals surface area (Å²) in [6, 6.07) is 10.1. The van der Waals surface area contributed by atoms with Gasteiger partial charge < -0.3 is 14.2 Å². The number of nitriles is 1. The lowest BCUT2D eigenvalue weighted by Gasteiger charge is -2.26. The zero-order chi connectivity index (χ0) is 17.1. The average molecular weight is 354 g/mol. The number of anilines is 1. The number of thiophene rings is 1. The fourth-order valence-corrected chi connectivity index (χ4v) is 4.02. The Balaban J connectivity index is 1.54. The van der Waals surface area contributed by atoms with Crippen LogP contribution in [0.25, 0.3) is 11.7 Å². The SMILES string of the molecule is N#Cc1nc(-c2ccco2)oc1NC[C@H](c1cccs1)N1CCCC1. The molecule has 0 amide bonds. The third-order valence-corrected chi connectivity index (χ3v) is 5.35. The molecule has 128 valence electrons. The number of nitrogens with one attached hydrogen (secondary N) is 1. The quantitative estimate of drug-likeness (QED) is 0.717. The third-order valence-electron chi connectivity index (χ3n) is 4.37. The maximum absolute atomic E-state index is 9.34. The van der Waals surface area contributed by atoms with Crippen molar-refractivity contribution in [2.24, 2.45) is 0 Å². The molecule has 1 aliphatic heterocycles. The average Bonchev–Trinajstić information content (AvgIpc) is 3.41. The summed E-state index contributed by atoms with van der Waals surface area (Å²) < 4.78 is 11.0. The Morgan fingerprint density at radius 3 is 2.88 bits per heavy atom. The van der Waals surface area contributed by atoms with Crippen molar-refractivity contribution < 1.29 is 8.83 Å². The van der Waals surface area contributed by atoms with Gasteiger partial charge in [0.05, 0.1) is 12.3 Å². The normalized spacial score (nSPS) is 16.0. The molecule has 1 saturated heterocycles. The van der Waals surface area contributed by atoms with Crippen LogP contribution in [0.15, 0.2) is 44.7 Å². The molecule has 3 aromatic heterocycles. The Labute approximate surface area is 149 Å². The molecule has 0 aliphatic carbocycles. The van der Waals surface area contributed by atoms with Crippen molar-refractivity contribution in [2.75, 3.05) is 25.0 Å². The lowest BCUT2D eigenvalue weighted by atomic mass is 10.2. The van der Waals surface area contributed by atoms with E-state index in [1.807, 2.05) is 0 Å². The standard InChI is InChI=1S/C18H18N4O2S/c19-11-13-17(24-18(21-13)15-5-3-9-23-15)20-12-14(16-6-4-10-25-16)22-7-1-2-8-22/h3-6,9-10,14,20H,1-2,7-8,12H2/t14-/m1/s1. The first kappa shape index (κ1) is 15.9. The van der Waals surface area contributed by atoms with Crippen molar-refractivity contribution >= 4 is 17.2 Å². The summed E-state index contributed by atoms with van der Waals surface area (Å²) in [6.45, 7) is 2.87. The van der Waals surface area contributed by atoms with Gasteiger partial charge in [-0.3, -0.25) is 4.90 Å². The van der Waals surface area contributed by atoms with E-state index in [-0.39, 0.29) is 11.7 Å². The number of aromatic nitrogens is 1. The lowest BCUT2D eigenvalue weighted by molar-refractivity contribution is 0.258. The van der Waals surface area contributed by atoms with Crippen molar-refractivity contribution in [1.82, 2.24) is 9.88 Å². The van der Waals surface area contributed by atoms with E-state index in [2.05, 4.69) is 38.8 Å². The molecule has 1 fully saturated rings. The summed E-state index contributed by atoms with van der Waals surface area (Å²) in [5, 5.41) is 14.7. The molecule has 0 spiro atoms. The van der Waals surface area contributed by atoms with Crippen molar-refractivity contribution in [3.63, 3.8) is 0 Å². The highest BCUT2D eigenvalue weighted by Crippen LogP contribution is 2.30. The van der Waals surface area contributed by atoms with Crippen LogP contribution in [0.2, 0.25) is 0 Å². The minimum atomic E-state index is 0.248. The highest BCUT2D eigenvalue weighted by Gasteiger charge is 2.25. The third kappa shape index (κ3) is 3.31. The van der Waals surface area contributed by atoms with Gasteiger partial charge in [0.15, 0.2) is 5.76 Å². The van der Waals surface area contributed by atoms with E-state index >= 15 is 0 Å². The number of hydrogen-bond donors (Lipinski definition) is 1. The number of nitrogens with zero attached hydrogens (tertiary/aromatic N) is 3. The molecule has 0 bridgehead atoms. The van der Waals surface area contributed by atoms with Crippen LogP contribution in [0.4, 0.5) is 5.88 Å². The Morgan fingerprint density at radius 2 is 2.20 bits per heavy atom. The molecule has 25 heavy (non-hydrogen) atoms. The fraction of sp³-hybridized carbons (Fsp3) is 0.333. The predicted octanol–water partition coefficient (Wildman–Crippen LogP) is 4.12. The zero-order valence-corrected chi connectivity index (χ0v) is 14.5. The molecular weight excluding hydrogens is 336 g/mol. The van der Waals surface area contributed by atoms with Crippen LogP contribution in [-0.4, -0.2) is 29.5 Å². The molecule has 0 unspecified atom stereocenters. The van der Waals surface area contributed by atoms with E-state index < -0.39 is 0 Å². The van der Waals surface area contributed by atoms with Crippen LogP contribution < -0.4 is 5.32 Å². The van der Waals surface area contributed by atoms with Gasteiger partial charge >= 0.3 is 0 Å². The molecule has 0 aromatic carbocycles. The first-order valence-corrected chi connectivity index (χ1v) is 9.19. The predicted molar refractivity (Wildman–Crippen MR) is 95.3 cm³/mol.